The summed E-state index contributed by atoms with van der Waals surface area (Å²) in [5.41, 5.74) is 1.20. The van der Waals surface area contributed by atoms with Crippen molar-refractivity contribution in [1.82, 2.24) is 15.1 Å². The van der Waals surface area contributed by atoms with Gasteiger partial charge in [-0.2, -0.15) is 11.3 Å². The fourth-order valence-electron chi connectivity index (χ4n) is 3.06. The van der Waals surface area contributed by atoms with Crippen LogP contribution in [0.3, 0.4) is 0 Å². The van der Waals surface area contributed by atoms with Crippen LogP contribution in [-0.4, -0.2) is 48.4 Å². The number of nitrogens with zero attached hydrogens (tertiary/aromatic N) is 2. The first-order valence-electron chi connectivity index (χ1n) is 7.65. The topological polar surface area (TPSA) is 35.6 Å². The lowest BCUT2D eigenvalue weighted by Gasteiger charge is -2.35. The van der Waals surface area contributed by atoms with Gasteiger partial charge in [0.25, 0.3) is 0 Å². The van der Waals surface area contributed by atoms with Gasteiger partial charge in [-0.25, -0.2) is 0 Å². The second-order valence-corrected chi connectivity index (χ2v) is 7.42. The standard InChI is InChI=1S/C16H27N3OS/c1-11(2)8-14(9-18(4)5)19-15(13-6-7-21-10-13)17-12(3)16(19)20/h6-7,10-12,14-15,17H,8-9H2,1-5H3. The summed E-state index contributed by atoms with van der Waals surface area (Å²) in [6.07, 6.45) is 1.04. The van der Waals surface area contributed by atoms with Gasteiger partial charge in [0.15, 0.2) is 0 Å². The number of carbonyl (C=O) groups excluding carboxylic acids is 1. The summed E-state index contributed by atoms with van der Waals surface area (Å²) in [6, 6.07) is 2.25. The van der Waals surface area contributed by atoms with Gasteiger partial charge < -0.3 is 9.80 Å². The van der Waals surface area contributed by atoms with Gasteiger partial charge in [0.1, 0.15) is 6.17 Å². The van der Waals surface area contributed by atoms with Crippen LogP contribution in [0.2, 0.25) is 0 Å². The Labute approximate surface area is 132 Å². The van der Waals surface area contributed by atoms with Crippen LogP contribution in [0.15, 0.2) is 16.8 Å². The normalized spacial score (nSPS) is 24.3. The van der Waals surface area contributed by atoms with E-state index in [4.69, 9.17) is 0 Å². The molecule has 118 valence electrons. The van der Waals surface area contributed by atoms with E-state index in [-0.39, 0.29) is 24.2 Å². The van der Waals surface area contributed by atoms with Crippen molar-refractivity contribution in [2.75, 3.05) is 20.6 Å². The first kappa shape index (κ1) is 16.5. The molecule has 1 aromatic rings. The Hall–Kier alpha value is -0.910. The second-order valence-electron chi connectivity index (χ2n) is 6.64. The largest absolute Gasteiger partial charge is 0.317 e. The van der Waals surface area contributed by atoms with E-state index < -0.39 is 0 Å². The van der Waals surface area contributed by atoms with Gasteiger partial charge in [-0.1, -0.05) is 13.8 Å². The lowest BCUT2D eigenvalue weighted by atomic mass is 10.0. The van der Waals surface area contributed by atoms with Gasteiger partial charge >= 0.3 is 0 Å². The Balaban J connectivity index is 2.27. The summed E-state index contributed by atoms with van der Waals surface area (Å²) in [7, 11) is 4.15. The highest BCUT2D eigenvalue weighted by Crippen LogP contribution is 2.31. The number of carbonyl (C=O) groups is 1. The lowest BCUT2D eigenvalue weighted by molar-refractivity contribution is -0.132. The first-order valence-corrected chi connectivity index (χ1v) is 8.59. The molecule has 1 aliphatic rings. The maximum absolute atomic E-state index is 12.7. The van der Waals surface area contributed by atoms with Gasteiger partial charge in [0.2, 0.25) is 5.91 Å². The molecule has 21 heavy (non-hydrogen) atoms. The van der Waals surface area contributed by atoms with E-state index in [0.29, 0.717) is 5.92 Å². The number of hydrogen-bond acceptors (Lipinski definition) is 4. The molecule has 0 spiro atoms. The molecule has 1 saturated heterocycles. The monoisotopic (exact) mass is 309 g/mol. The molecule has 0 aromatic carbocycles. The number of rotatable bonds is 6. The third kappa shape index (κ3) is 3.84. The van der Waals surface area contributed by atoms with Crippen LogP contribution in [-0.2, 0) is 4.79 Å². The van der Waals surface area contributed by atoms with Crippen LogP contribution in [0.4, 0.5) is 0 Å². The SMILES string of the molecule is CC(C)CC(CN(C)C)N1C(=O)C(C)NC1c1ccsc1. The van der Waals surface area contributed by atoms with Crippen molar-refractivity contribution in [2.45, 2.75) is 45.4 Å². The number of thiophene rings is 1. The summed E-state index contributed by atoms with van der Waals surface area (Å²) in [5, 5.41) is 7.66. The summed E-state index contributed by atoms with van der Waals surface area (Å²) in [6.45, 7) is 7.31. The smallest absolute Gasteiger partial charge is 0.241 e. The molecule has 0 aliphatic carbocycles. The molecule has 5 heteroatoms. The third-order valence-corrected chi connectivity index (χ3v) is 4.58. The quantitative estimate of drug-likeness (QED) is 0.877. The van der Waals surface area contributed by atoms with E-state index in [9.17, 15) is 4.79 Å². The fraction of sp³-hybridized carbons (Fsp3) is 0.688. The summed E-state index contributed by atoms with van der Waals surface area (Å²) < 4.78 is 0. The van der Waals surface area contributed by atoms with Crippen molar-refractivity contribution in [2.24, 2.45) is 5.92 Å². The van der Waals surface area contributed by atoms with E-state index in [1.54, 1.807) is 11.3 Å². The molecule has 0 saturated carbocycles. The average molecular weight is 309 g/mol. The molecule has 0 bridgehead atoms. The number of nitrogens with one attached hydrogen (secondary N) is 1. The van der Waals surface area contributed by atoms with Crippen LogP contribution < -0.4 is 5.32 Å². The molecule has 1 amide bonds. The van der Waals surface area contributed by atoms with Gasteiger partial charge in [0, 0.05) is 12.6 Å². The predicted octanol–water partition coefficient (Wildman–Crippen LogP) is 2.54. The van der Waals surface area contributed by atoms with Gasteiger partial charge in [-0.05, 0) is 55.7 Å². The van der Waals surface area contributed by atoms with Crippen LogP contribution in [0.5, 0.6) is 0 Å². The van der Waals surface area contributed by atoms with Crippen molar-refractivity contribution in [1.29, 1.82) is 0 Å². The molecule has 3 atom stereocenters. The number of hydrogen-bond donors (Lipinski definition) is 1. The highest BCUT2D eigenvalue weighted by molar-refractivity contribution is 7.07. The second kappa shape index (κ2) is 6.90. The third-order valence-electron chi connectivity index (χ3n) is 3.88. The highest BCUT2D eigenvalue weighted by atomic mass is 32.1. The van der Waals surface area contributed by atoms with Gasteiger partial charge in [-0.15, -0.1) is 0 Å². The Morgan fingerprint density at radius 2 is 2.14 bits per heavy atom. The molecule has 2 heterocycles. The predicted molar refractivity (Wildman–Crippen MR) is 88.3 cm³/mol. The molecule has 4 nitrogen and oxygen atoms in total. The molecule has 1 aliphatic heterocycles. The van der Waals surface area contributed by atoms with Crippen LogP contribution in [0.1, 0.15) is 38.9 Å². The van der Waals surface area contributed by atoms with Crippen molar-refractivity contribution in [3.63, 3.8) is 0 Å². The van der Waals surface area contributed by atoms with Crippen molar-refractivity contribution < 1.29 is 4.79 Å². The molecule has 1 N–H and O–H groups in total. The minimum absolute atomic E-state index is 0.0162. The zero-order chi connectivity index (χ0) is 15.6. The van der Waals surface area contributed by atoms with Gasteiger partial charge in [0.05, 0.1) is 6.04 Å². The average Bonchev–Trinajstić information content (AvgIpc) is 2.97. The zero-order valence-electron chi connectivity index (χ0n) is 13.7. The minimum Gasteiger partial charge on any atom is -0.317 e. The minimum atomic E-state index is -0.105. The molecular formula is C16H27N3OS. The van der Waals surface area contributed by atoms with E-state index >= 15 is 0 Å². The van der Waals surface area contributed by atoms with Crippen LogP contribution >= 0.6 is 11.3 Å². The Morgan fingerprint density at radius 3 is 2.67 bits per heavy atom. The Morgan fingerprint density at radius 1 is 1.43 bits per heavy atom. The Bertz CT molecular complexity index is 448. The van der Waals surface area contributed by atoms with Crippen LogP contribution in [0, 0.1) is 5.92 Å². The molecule has 3 unspecified atom stereocenters. The summed E-state index contributed by atoms with van der Waals surface area (Å²) in [5.74, 6) is 0.792. The van der Waals surface area contributed by atoms with E-state index in [1.807, 2.05) is 6.92 Å². The van der Waals surface area contributed by atoms with E-state index in [0.717, 1.165) is 13.0 Å². The molecular weight excluding hydrogens is 282 g/mol. The van der Waals surface area contributed by atoms with Crippen molar-refractivity contribution in [3.05, 3.63) is 22.4 Å². The summed E-state index contributed by atoms with van der Waals surface area (Å²) >= 11 is 1.68. The zero-order valence-corrected chi connectivity index (χ0v) is 14.5. The lowest BCUT2D eigenvalue weighted by Crippen LogP contribution is -2.46. The van der Waals surface area contributed by atoms with Gasteiger partial charge in [-0.3, -0.25) is 10.1 Å². The Kier molecular flexibility index (Phi) is 5.41. The first-order chi connectivity index (χ1) is 9.90. The van der Waals surface area contributed by atoms with E-state index in [1.165, 1.54) is 5.56 Å². The molecule has 1 fully saturated rings. The molecule has 0 radical (unpaired) electrons. The van der Waals surface area contributed by atoms with E-state index in [2.05, 4.69) is 59.9 Å². The molecule has 2 rings (SSSR count). The van der Waals surface area contributed by atoms with Crippen molar-refractivity contribution in [3.8, 4) is 0 Å². The highest BCUT2D eigenvalue weighted by Gasteiger charge is 2.41. The fourth-order valence-corrected chi connectivity index (χ4v) is 3.74. The number of likely N-dealkylation sites (N-methyl/N-ethyl adjacent to an activating group) is 1. The van der Waals surface area contributed by atoms with Crippen LogP contribution in [0.25, 0.3) is 0 Å². The van der Waals surface area contributed by atoms with Crippen molar-refractivity contribution >= 4 is 17.2 Å². The number of amides is 1. The summed E-state index contributed by atoms with van der Waals surface area (Å²) in [4.78, 5) is 16.9. The molecule has 1 aromatic heterocycles. The maximum Gasteiger partial charge on any atom is 0.241 e. The maximum atomic E-state index is 12.7.